The smallest absolute Gasteiger partial charge is 0.330 e. The maximum absolute atomic E-state index is 11.3. The third-order valence-corrected chi connectivity index (χ3v) is 1.88. The highest BCUT2D eigenvalue weighted by atomic mass is 79.9. The van der Waals surface area contributed by atoms with Crippen molar-refractivity contribution in [3.05, 3.63) is 34.3 Å². The zero-order chi connectivity index (χ0) is 10.6. The second-order valence-electron chi connectivity index (χ2n) is 2.45. The fourth-order valence-corrected chi connectivity index (χ4v) is 1.22. The monoisotopic (exact) mass is 257 g/mol. The van der Waals surface area contributed by atoms with Gasteiger partial charge in [0.25, 0.3) is 5.91 Å². The summed E-state index contributed by atoms with van der Waals surface area (Å²) in [4.78, 5) is 21.6. The van der Waals surface area contributed by atoms with Gasteiger partial charge in [-0.15, -0.1) is 0 Å². The van der Waals surface area contributed by atoms with E-state index in [-0.39, 0.29) is 0 Å². The third-order valence-electron chi connectivity index (χ3n) is 1.39. The van der Waals surface area contributed by atoms with Crippen LogP contribution in [0.25, 0.3) is 0 Å². The Bertz CT molecular complexity index is 367. The van der Waals surface area contributed by atoms with Crippen molar-refractivity contribution in [1.82, 2.24) is 10.9 Å². The predicted molar refractivity (Wildman–Crippen MR) is 54.3 cm³/mol. The Hall–Kier alpha value is -1.56. The average Bonchev–Trinajstić information content (AvgIpc) is 2.14. The van der Waals surface area contributed by atoms with Crippen LogP contribution in [0, 0.1) is 0 Å². The quantitative estimate of drug-likeness (QED) is 0.650. The summed E-state index contributed by atoms with van der Waals surface area (Å²) >= 11 is 3.22. The van der Waals surface area contributed by atoms with Gasteiger partial charge in [-0.3, -0.25) is 10.2 Å². The first-order chi connectivity index (χ1) is 6.59. The highest BCUT2D eigenvalue weighted by molar-refractivity contribution is 9.10. The molecule has 4 N–H and O–H groups in total. The molecule has 0 atom stereocenters. The minimum atomic E-state index is -0.812. The van der Waals surface area contributed by atoms with Crippen molar-refractivity contribution >= 4 is 27.9 Å². The number of amides is 3. The molecule has 0 radical (unpaired) electrons. The molecule has 0 spiro atoms. The SMILES string of the molecule is NC(=O)NNC(=O)c1cccc(Br)c1. The van der Waals surface area contributed by atoms with Gasteiger partial charge in [-0.2, -0.15) is 0 Å². The number of hydrogen-bond donors (Lipinski definition) is 3. The van der Waals surface area contributed by atoms with Gasteiger partial charge in [0.15, 0.2) is 0 Å². The number of benzene rings is 1. The van der Waals surface area contributed by atoms with Gasteiger partial charge in [0.05, 0.1) is 0 Å². The second-order valence-corrected chi connectivity index (χ2v) is 3.37. The van der Waals surface area contributed by atoms with E-state index < -0.39 is 11.9 Å². The minimum absolute atomic E-state index is 0.424. The predicted octanol–water partition coefficient (Wildman–Crippen LogP) is 0.762. The molecule has 0 aliphatic heterocycles. The molecule has 1 rings (SSSR count). The van der Waals surface area contributed by atoms with Crippen molar-refractivity contribution in [1.29, 1.82) is 0 Å². The molecular weight excluding hydrogens is 250 g/mol. The Morgan fingerprint density at radius 2 is 2.00 bits per heavy atom. The number of carbonyl (C=O) groups excluding carboxylic acids is 2. The lowest BCUT2D eigenvalue weighted by molar-refractivity contribution is 0.0937. The molecule has 1 aromatic carbocycles. The van der Waals surface area contributed by atoms with Gasteiger partial charge in [-0.25, -0.2) is 10.2 Å². The van der Waals surface area contributed by atoms with Crippen LogP contribution in [0.4, 0.5) is 4.79 Å². The van der Waals surface area contributed by atoms with Gasteiger partial charge < -0.3 is 5.73 Å². The average molecular weight is 258 g/mol. The molecule has 0 aliphatic rings. The zero-order valence-corrected chi connectivity index (χ0v) is 8.67. The molecule has 0 heterocycles. The van der Waals surface area contributed by atoms with Gasteiger partial charge in [0.2, 0.25) is 0 Å². The molecule has 6 heteroatoms. The van der Waals surface area contributed by atoms with Crippen molar-refractivity contribution in [2.24, 2.45) is 5.73 Å². The normalized spacial score (nSPS) is 9.21. The maximum Gasteiger partial charge on any atom is 0.330 e. The lowest BCUT2D eigenvalue weighted by Crippen LogP contribution is -2.44. The Balaban J connectivity index is 2.65. The van der Waals surface area contributed by atoms with E-state index in [9.17, 15) is 9.59 Å². The summed E-state index contributed by atoms with van der Waals surface area (Å²) in [6.07, 6.45) is 0. The summed E-state index contributed by atoms with van der Waals surface area (Å²) in [5.41, 5.74) is 9.33. The number of hydrazine groups is 1. The molecule has 0 saturated heterocycles. The summed E-state index contributed by atoms with van der Waals surface area (Å²) in [6, 6.07) is 5.93. The Labute approximate surface area is 88.8 Å². The number of halogens is 1. The van der Waals surface area contributed by atoms with Crippen molar-refractivity contribution in [3.8, 4) is 0 Å². The van der Waals surface area contributed by atoms with E-state index in [1.54, 1.807) is 24.3 Å². The Morgan fingerprint density at radius 3 is 2.57 bits per heavy atom. The highest BCUT2D eigenvalue weighted by Crippen LogP contribution is 2.10. The maximum atomic E-state index is 11.3. The lowest BCUT2D eigenvalue weighted by Gasteiger charge is -2.04. The van der Waals surface area contributed by atoms with E-state index in [1.165, 1.54) is 0 Å². The van der Waals surface area contributed by atoms with Crippen LogP contribution in [0.5, 0.6) is 0 Å². The first-order valence-corrected chi connectivity index (χ1v) is 4.50. The van der Waals surface area contributed by atoms with Gasteiger partial charge >= 0.3 is 6.03 Å². The molecule has 0 bridgehead atoms. The molecule has 0 aliphatic carbocycles. The van der Waals surface area contributed by atoms with Crippen molar-refractivity contribution in [2.75, 3.05) is 0 Å². The fraction of sp³-hybridized carbons (Fsp3) is 0. The highest BCUT2D eigenvalue weighted by Gasteiger charge is 2.04. The van der Waals surface area contributed by atoms with Crippen LogP contribution in [0.2, 0.25) is 0 Å². The molecule has 3 amide bonds. The first kappa shape index (κ1) is 10.5. The molecule has 74 valence electrons. The van der Waals surface area contributed by atoms with Crippen molar-refractivity contribution in [2.45, 2.75) is 0 Å². The van der Waals surface area contributed by atoms with Gasteiger partial charge in [0.1, 0.15) is 0 Å². The van der Waals surface area contributed by atoms with Crippen molar-refractivity contribution < 1.29 is 9.59 Å². The van der Waals surface area contributed by atoms with Gasteiger partial charge in [-0.1, -0.05) is 22.0 Å². The zero-order valence-electron chi connectivity index (χ0n) is 7.08. The molecule has 0 aromatic heterocycles. The standard InChI is InChI=1S/C8H8BrN3O2/c9-6-3-1-2-5(4-6)7(13)11-12-8(10)14/h1-4H,(H,11,13)(H3,10,12,14). The Morgan fingerprint density at radius 1 is 1.29 bits per heavy atom. The lowest BCUT2D eigenvalue weighted by atomic mass is 10.2. The van der Waals surface area contributed by atoms with Crippen LogP contribution in [0.3, 0.4) is 0 Å². The van der Waals surface area contributed by atoms with E-state index in [4.69, 9.17) is 5.73 Å². The minimum Gasteiger partial charge on any atom is -0.350 e. The van der Waals surface area contributed by atoms with Crippen molar-refractivity contribution in [3.63, 3.8) is 0 Å². The first-order valence-electron chi connectivity index (χ1n) is 3.71. The number of carbonyl (C=O) groups is 2. The molecule has 14 heavy (non-hydrogen) atoms. The number of rotatable bonds is 1. The molecule has 0 fully saturated rings. The second kappa shape index (κ2) is 4.61. The fourth-order valence-electron chi connectivity index (χ4n) is 0.820. The largest absolute Gasteiger partial charge is 0.350 e. The molecular formula is C8H8BrN3O2. The number of nitrogens with one attached hydrogen (secondary N) is 2. The van der Waals surface area contributed by atoms with Crippen LogP contribution in [-0.2, 0) is 0 Å². The molecule has 0 saturated carbocycles. The van der Waals surface area contributed by atoms with E-state index in [0.717, 1.165) is 4.47 Å². The number of urea groups is 1. The van der Waals surface area contributed by atoms with Gasteiger partial charge in [0, 0.05) is 10.0 Å². The Kier molecular flexibility index (Phi) is 3.47. The van der Waals surface area contributed by atoms with Crippen LogP contribution < -0.4 is 16.6 Å². The van der Waals surface area contributed by atoms with E-state index >= 15 is 0 Å². The van der Waals surface area contributed by atoms with Crippen LogP contribution in [0.1, 0.15) is 10.4 Å². The topological polar surface area (TPSA) is 84.2 Å². The molecule has 0 unspecified atom stereocenters. The summed E-state index contributed by atoms with van der Waals surface area (Å²) in [5, 5.41) is 0. The van der Waals surface area contributed by atoms with Crippen LogP contribution in [0.15, 0.2) is 28.7 Å². The number of hydrogen-bond acceptors (Lipinski definition) is 2. The third kappa shape index (κ3) is 3.06. The molecule has 1 aromatic rings. The summed E-state index contributed by atoms with van der Waals surface area (Å²) in [7, 11) is 0. The van der Waals surface area contributed by atoms with E-state index in [2.05, 4.69) is 21.4 Å². The van der Waals surface area contributed by atoms with E-state index in [0.29, 0.717) is 5.56 Å². The molecule has 5 nitrogen and oxygen atoms in total. The summed E-state index contributed by atoms with van der Waals surface area (Å²) in [6.45, 7) is 0. The van der Waals surface area contributed by atoms with Crippen LogP contribution in [-0.4, -0.2) is 11.9 Å². The number of nitrogens with two attached hydrogens (primary N) is 1. The van der Waals surface area contributed by atoms with E-state index in [1.807, 2.05) is 5.43 Å². The van der Waals surface area contributed by atoms with Crippen LogP contribution >= 0.6 is 15.9 Å². The van der Waals surface area contributed by atoms with Gasteiger partial charge in [-0.05, 0) is 18.2 Å². The summed E-state index contributed by atoms with van der Waals surface area (Å²) < 4.78 is 0.782. The number of primary amides is 1. The summed E-state index contributed by atoms with van der Waals surface area (Å²) in [5.74, 6) is -0.426.